The Morgan fingerprint density at radius 1 is 1.17 bits per heavy atom. The van der Waals surface area contributed by atoms with Crippen molar-refractivity contribution in [2.45, 2.75) is 13.3 Å². The summed E-state index contributed by atoms with van der Waals surface area (Å²) in [5.74, 6) is 0.169. The van der Waals surface area contributed by atoms with Gasteiger partial charge in [-0.15, -0.1) is 0 Å². The van der Waals surface area contributed by atoms with Gasteiger partial charge in [0.15, 0.2) is 5.75 Å². The second-order valence-electron chi connectivity index (χ2n) is 4.44. The highest BCUT2D eigenvalue weighted by molar-refractivity contribution is 5.84. The van der Waals surface area contributed by atoms with Crippen LogP contribution in [0.4, 0.5) is 5.69 Å². The first-order valence-electron chi connectivity index (χ1n) is 5.85. The van der Waals surface area contributed by atoms with Crippen LogP contribution in [0, 0.1) is 0 Å². The topological polar surface area (TPSA) is 52.3 Å². The lowest BCUT2D eigenvalue weighted by Gasteiger charge is -2.10. The van der Waals surface area contributed by atoms with Gasteiger partial charge in [-0.05, 0) is 22.8 Å². The standard InChI is InChI=1S/C15H13NO2/c1-9(17)18-15-13-8-10-4-2-3-5-11(10)12(13)6-7-14(15)16/h2-7H,8,16H2,1H3. The van der Waals surface area contributed by atoms with Crippen LogP contribution in [-0.2, 0) is 11.2 Å². The number of hydrogen-bond donors (Lipinski definition) is 1. The zero-order valence-electron chi connectivity index (χ0n) is 10.1. The van der Waals surface area contributed by atoms with Crippen LogP contribution in [0.2, 0.25) is 0 Å². The van der Waals surface area contributed by atoms with Gasteiger partial charge in [-0.3, -0.25) is 4.79 Å². The van der Waals surface area contributed by atoms with Crippen molar-refractivity contribution in [3.05, 3.63) is 47.5 Å². The van der Waals surface area contributed by atoms with Gasteiger partial charge in [0.2, 0.25) is 0 Å². The molecule has 2 aromatic rings. The molecule has 0 amide bonds. The Morgan fingerprint density at radius 2 is 1.94 bits per heavy atom. The fourth-order valence-electron chi connectivity index (χ4n) is 2.47. The normalized spacial score (nSPS) is 11.8. The molecule has 0 atom stereocenters. The fourth-order valence-corrected chi connectivity index (χ4v) is 2.47. The van der Waals surface area contributed by atoms with Gasteiger partial charge >= 0.3 is 5.97 Å². The molecule has 0 saturated heterocycles. The van der Waals surface area contributed by atoms with E-state index in [-0.39, 0.29) is 5.97 Å². The summed E-state index contributed by atoms with van der Waals surface area (Å²) in [6.07, 6.45) is 0.763. The third-order valence-electron chi connectivity index (χ3n) is 3.21. The molecule has 0 fully saturated rings. The summed E-state index contributed by atoms with van der Waals surface area (Å²) in [5, 5.41) is 0. The number of benzene rings is 2. The molecule has 0 spiro atoms. The molecular formula is C15H13NO2. The SMILES string of the molecule is CC(=O)Oc1c(N)ccc2c1Cc1ccccc1-2. The number of anilines is 1. The van der Waals surface area contributed by atoms with Crippen LogP contribution in [0.25, 0.3) is 11.1 Å². The van der Waals surface area contributed by atoms with E-state index in [9.17, 15) is 4.79 Å². The summed E-state index contributed by atoms with van der Waals surface area (Å²) in [7, 11) is 0. The number of ether oxygens (including phenoxy) is 1. The molecule has 90 valence electrons. The fraction of sp³-hybridized carbons (Fsp3) is 0.133. The summed E-state index contributed by atoms with van der Waals surface area (Å²) in [6.45, 7) is 1.39. The maximum Gasteiger partial charge on any atom is 0.308 e. The van der Waals surface area contributed by atoms with Crippen LogP contribution in [0.15, 0.2) is 36.4 Å². The molecule has 3 heteroatoms. The highest BCUT2D eigenvalue weighted by Gasteiger charge is 2.23. The van der Waals surface area contributed by atoms with Gasteiger partial charge in [-0.25, -0.2) is 0 Å². The first-order valence-corrected chi connectivity index (χ1v) is 5.85. The second kappa shape index (κ2) is 3.88. The van der Waals surface area contributed by atoms with Crippen molar-refractivity contribution in [3.63, 3.8) is 0 Å². The summed E-state index contributed by atoms with van der Waals surface area (Å²) >= 11 is 0. The van der Waals surface area contributed by atoms with E-state index >= 15 is 0 Å². The Kier molecular flexibility index (Phi) is 2.33. The number of nitrogen functional groups attached to an aromatic ring is 1. The highest BCUT2D eigenvalue weighted by atomic mass is 16.5. The molecule has 18 heavy (non-hydrogen) atoms. The Hall–Kier alpha value is -2.29. The van der Waals surface area contributed by atoms with Crippen molar-refractivity contribution in [1.82, 2.24) is 0 Å². The molecule has 0 radical (unpaired) electrons. The minimum Gasteiger partial charge on any atom is -0.424 e. The number of hydrogen-bond acceptors (Lipinski definition) is 3. The molecule has 0 saturated carbocycles. The van der Waals surface area contributed by atoms with Gasteiger partial charge in [0.05, 0.1) is 5.69 Å². The predicted octanol–water partition coefficient (Wildman–Crippen LogP) is 2.77. The van der Waals surface area contributed by atoms with E-state index in [1.165, 1.54) is 18.1 Å². The van der Waals surface area contributed by atoms with E-state index in [1.54, 1.807) is 6.07 Å². The lowest BCUT2D eigenvalue weighted by atomic mass is 10.0. The summed E-state index contributed by atoms with van der Waals surface area (Å²) in [6, 6.07) is 12.0. The lowest BCUT2D eigenvalue weighted by Crippen LogP contribution is -2.06. The first kappa shape index (κ1) is 10.8. The van der Waals surface area contributed by atoms with E-state index in [0.29, 0.717) is 11.4 Å². The quantitative estimate of drug-likeness (QED) is 0.403. The number of carbonyl (C=O) groups is 1. The van der Waals surface area contributed by atoms with E-state index in [1.807, 2.05) is 18.2 Å². The summed E-state index contributed by atoms with van der Waals surface area (Å²) < 4.78 is 5.26. The average molecular weight is 239 g/mol. The summed E-state index contributed by atoms with van der Waals surface area (Å²) in [5.41, 5.74) is 11.0. The van der Waals surface area contributed by atoms with Gasteiger partial charge in [-0.1, -0.05) is 30.3 Å². The number of nitrogens with two attached hydrogens (primary N) is 1. The zero-order valence-corrected chi connectivity index (χ0v) is 10.1. The Labute approximate surface area is 105 Å². The van der Waals surface area contributed by atoms with Crippen molar-refractivity contribution >= 4 is 11.7 Å². The van der Waals surface area contributed by atoms with Crippen molar-refractivity contribution in [1.29, 1.82) is 0 Å². The third kappa shape index (κ3) is 1.56. The molecular weight excluding hydrogens is 226 g/mol. The van der Waals surface area contributed by atoms with Gasteiger partial charge in [-0.2, -0.15) is 0 Å². The van der Waals surface area contributed by atoms with Crippen LogP contribution in [-0.4, -0.2) is 5.97 Å². The smallest absolute Gasteiger partial charge is 0.308 e. The van der Waals surface area contributed by atoms with Crippen LogP contribution in [0.5, 0.6) is 5.75 Å². The molecule has 2 N–H and O–H groups in total. The molecule has 1 aliphatic carbocycles. The average Bonchev–Trinajstić information content (AvgIpc) is 2.71. The van der Waals surface area contributed by atoms with E-state index in [2.05, 4.69) is 12.1 Å². The minimum absolute atomic E-state index is 0.342. The zero-order chi connectivity index (χ0) is 12.7. The maximum absolute atomic E-state index is 11.2. The monoisotopic (exact) mass is 239 g/mol. The predicted molar refractivity (Wildman–Crippen MR) is 70.4 cm³/mol. The third-order valence-corrected chi connectivity index (χ3v) is 3.21. The Bertz CT molecular complexity index is 647. The molecule has 3 nitrogen and oxygen atoms in total. The van der Waals surface area contributed by atoms with Crippen LogP contribution >= 0.6 is 0 Å². The Balaban J connectivity index is 2.19. The molecule has 0 bridgehead atoms. The van der Waals surface area contributed by atoms with Gasteiger partial charge < -0.3 is 10.5 Å². The first-order chi connectivity index (χ1) is 8.66. The molecule has 3 rings (SSSR count). The molecule has 1 aliphatic rings. The van der Waals surface area contributed by atoms with Crippen LogP contribution in [0.3, 0.4) is 0 Å². The summed E-state index contributed by atoms with van der Waals surface area (Å²) in [4.78, 5) is 11.2. The number of fused-ring (bicyclic) bond motifs is 3. The van der Waals surface area contributed by atoms with Gasteiger partial charge in [0.25, 0.3) is 0 Å². The maximum atomic E-state index is 11.2. The molecule has 0 heterocycles. The van der Waals surface area contributed by atoms with Crippen molar-refractivity contribution in [2.24, 2.45) is 0 Å². The van der Waals surface area contributed by atoms with Crippen LogP contribution < -0.4 is 10.5 Å². The molecule has 0 aromatic heterocycles. The number of carbonyl (C=O) groups excluding carboxylic acids is 1. The lowest BCUT2D eigenvalue weighted by molar-refractivity contribution is -0.131. The van der Waals surface area contributed by atoms with Crippen molar-refractivity contribution < 1.29 is 9.53 Å². The van der Waals surface area contributed by atoms with E-state index < -0.39 is 0 Å². The van der Waals surface area contributed by atoms with Crippen molar-refractivity contribution in [3.8, 4) is 16.9 Å². The van der Waals surface area contributed by atoms with Gasteiger partial charge in [0.1, 0.15) is 0 Å². The van der Waals surface area contributed by atoms with E-state index in [4.69, 9.17) is 10.5 Å². The minimum atomic E-state index is -0.342. The molecule has 0 unspecified atom stereocenters. The van der Waals surface area contributed by atoms with Crippen molar-refractivity contribution in [2.75, 3.05) is 5.73 Å². The van der Waals surface area contributed by atoms with Gasteiger partial charge in [0, 0.05) is 18.9 Å². The van der Waals surface area contributed by atoms with Crippen LogP contribution in [0.1, 0.15) is 18.1 Å². The highest BCUT2D eigenvalue weighted by Crippen LogP contribution is 2.43. The van der Waals surface area contributed by atoms with E-state index in [0.717, 1.165) is 17.5 Å². The number of esters is 1. The largest absolute Gasteiger partial charge is 0.424 e. The second-order valence-corrected chi connectivity index (χ2v) is 4.44. The number of rotatable bonds is 1. The molecule has 2 aromatic carbocycles. The molecule has 0 aliphatic heterocycles. The Morgan fingerprint density at radius 3 is 2.72 bits per heavy atom.